The topological polar surface area (TPSA) is 33.1 Å². The summed E-state index contributed by atoms with van der Waals surface area (Å²) in [4.78, 5) is 3.83. The Morgan fingerprint density at radius 2 is 1.81 bits per heavy atom. The number of rotatable bonds is 2. The van der Waals surface area contributed by atoms with Gasteiger partial charge in [0, 0.05) is 6.20 Å². The number of pyridine rings is 1. The van der Waals surface area contributed by atoms with Crippen molar-refractivity contribution in [2.24, 2.45) is 0 Å². The Morgan fingerprint density at radius 3 is 2.50 bits per heavy atom. The van der Waals surface area contributed by atoms with Crippen LogP contribution < -0.4 is 0 Å². The van der Waals surface area contributed by atoms with Gasteiger partial charge in [-0.15, -0.1) is 0 Å². The first-order valence-corrected chi connectivity index (χ1v) is 4.72. The molecule has 1 unspecified atom stereocenters. The SMILES string of the molecule is OC(c1cccc(F)c1)c1cc(F)ccn1. The fraction of sp³-hybridized carbons (Fsp3) is 0.0833. The fourth-order valence-corrected chi connectivity index (χ4v) is 1.42. The van der Waals surface area contributed by atoms with Crippen LogP contribution in [0.25, 0.3) is 0 Å². The van der Waals surface area contributed by atoms with E-state index in [4.69, 9.17) is 0 Å². The standard InChI is InChI=1S/C12H9F2NO/c13-9-3-1-2-8(6-9)12(16)11-7-10(14)4-5-15-11/h1-7,12,16H. The summed E-state index contributed by atoms with van der Waals surface area (Å²) in [5, 5.41) is 9.84. The largest absolute Gasteiger partial charge is 0.382 e. The normalized spacial score (nSPS) is 12.4. The zero-order chi connectivity index (χ0) is 11.5. The molecule has 0 saturated carbocycles. The molecule has 0 aliphatic carbocycles. The molecule has 0 bridgehead atoms. The first-order valence-electron chi connectivity index (χ1n) is 4.72. The molecule has 0 saturated heterocycles. The average Bonchev–Trinajstić information content (AvgIpc) is 2.28. The van der Waals surface area contributed by atoms with E-state index in [1.54, 1.807) is 6.07 Å². The van der Waals surface area contributed by atoms with E-state index in [1.165, 1.54) is 30.5 Å². The van der Waals surface area contributed by atoms with Crippen molar-refractivity contribution in [3.05, 3.63) is 65.5 Å². The van der Waals surface area contributed by atoms with E-state index in [0.717, 1.165) is 6.07 Å². The third-order valence-electron chi connectivity index (χ3n) is 2.19. The highest BCUT2D eigenvalue weighted by Gasteiger charge is 2.12. The number of nitrogens with zero attached hydrogens (tertiary/aromatic N) is 1. The molecule has 82 valence electrons. The van der Waals surface area contributed by atoms with Crippen molar-refractivity contribution in [3.8, 4) is 0 Å². The molecule has 0 aliphatic rings. The second kappa shape index (κ2) is 4.37. The third kappa shape index (κ3) is 2.23. The van der Waals surface area contributed by atoms with Crippen LogP contribution in [0.3, 0.4) is 0 Å². The van der Waals surface area contributed by atoms with Crippen molar-refractivity contribution >= 4 is 0 Å². The molecule has 0 aliphatic heterocycles. The van der Waals surface area contributed by atoms with Gasteiger partial charge < -0.3 is 5.11 Å². The van der Waals surface area contributed by atoms with Gasteiger partial charge in [-0.2, -0.15) is 0 Å². The molecule has 4 heteroatoms. The maximum Gasteiger partial charge on any atom is 0.126 e. The maximum atomic E-state index is 12.9. The maximum absolute atomic E-state index is 12.9. The predicted octanol–water partition coefficient (Wildman–Crippen LogP) is 2.44. The van der Waals surface area contributed by atoms with Gasteiger partial charge in [-0.3, -0.25) is 4.98 Å². The van der Waals surface area contributed by atoms with Crippen molar-refractivity contribution in [2.45, 2.75) is 6.10 Å². The summed E-state index contributed by atoms with van der Waals surface area (Å²) >= 11 is 0. The summed E-state index contributed by atoms with van der Waals surface area (Å²) in [5.41, 5.74) is 0.503. The molecule has 0 amide bonds. The summed E-state index contributed by atoms with van der Waals surface area (Å²) in [6, 6.07) is 7.80. The molecule has 1 N–H and O–H groups in total. The Balaban J connectivity index is 2.35. The zero-order valence-electron chi connectivity index (χ0n) is 8.27. The van der Waals surface area contributed by atoms with Crippen molar-refractivity contribution in [3.63, 3.8) is 0 Å². The Bertz CT molecular complexity index is 456. The average molecular weight is 221 g/mol. The lowest BCUT2D eigenvalue weighted by Gasteiger charge is -2.10. The van der Waals surface area contributed by atoms with Gasteiger partial charge in [-0.05, 0) is 29.8 Å². The van der Waals surface area contributed by atoms with Gasteiger partial charge in [0.15, 0.2) is 0 Å². The molecule has 2 rings (SSSR count). The van der Waals surface area contributed by atoms with E-state index in [0.29, 0.717) is 5.56 Å². The van der Waals surface area contributed by atoms with E-state index >= 15 is 0 Å². The van der Waals surface area contributed by atoms with Gasteiger partial charge in [0.1, 0.15) is 17.7 Å². The molecular formula is C12H9F2NO. The van der Waals surface area contributed by atoms with Crippen molar-refractivity contribution in [1.82, 2.24) is 4.98 Å². The van der Waals surface area contributed by atoms with Crippen molar-refractivity contribution < 1.29 is 13.9 Å². The number of aromatic nitrogens is 1. The van der Waals surface area contributed by atoms with Crippen molar-refractivity contribution in [1.29, 1.82) is 0 Å². The predicted molar refractivity (Wildman–Crippen MR) is 54.7 cm³/mol. The molecule has 1 aromatic carbocycles. The number of benzene rings is 1. The molecule has 0 spiro atoms. The molecule has 0 radical (unpaired) electrons. The minimum atomic E-state index is -1.12. The lowest BCUT2D eigenvalue weighted by molar-refractivity contribution is 0.214. The van der Waals surface area contributed by atoms with Gasteiger partial charge in [0.05, 0.1) is 5.69 Å². The van der Waals surface area contributed by atoms with Gasteiger partial charge in [0.25, 0.3) is 0 Å². The summed E-state index contributed by atoms with van der Waals surface area (Å²) in [7, 11) is 0. The first-order chi connectivity index (χ1) is 7.66. The second-order valence-corrected chi connectivity index (χ2v) is 3.36. The van der Waals surface area contributed by atoms with Crippen LogP contribution in [0.5, 0.6) is 0 Å². The van der Waals surface area contributed by atoms with Crippen LogP contribution in [0.1, 0.15) is 17.4 Å². The van der Waals surface area contributed by atoms with E-state index in [2.05, 4.69) is 4.98 Å². The number of aliphatic hydroxyl groups is 1. The molecule has 1 atom stereocenters. The van der Waals surface area contributed by atoms with E-state index in [9.17, 15) is 13.9 Å². The van der Waals surface area contributed by atoms with Gasteiger partial charge in [-0.1, -0.05) is 12.1 Å². The Kier molecular flexibility index (Phi) is 2.92. The highest BCUT2D eigenvalue weighted by atomic mass is 19.1. The van der Waals surface area contributed by atoms with E-state index in [1.807, 2.05) is 0 Å². The van der Waals surface area contributed by atoms with Crippen LogP contribution in [0.4, 0.5) is 8.78 Å². The number of hydrogen-bond acceptors (Lipinski definition) is 2. The lowest BCUT2D eigenvalue weighted by Crippen LogP contribution is -2.02. The first kappa shape index (κ1) is 10.7. The van der Waals surface area contributed by atoms with Gasteiger partial charge in [-0.25, -0.2) is 8.78 Å². The Morgan fingerprint density at radius 1 is 1.06 bits per heavy atom. The van der Waals surface area contributed by atoms with Crippen LogP contribution in [0, 0.1) is 11.6 Å². The zero-order valence-corrected chi connectivity index (χ0v) is 8.27. The third-order valence-corrected chi connectivity index (χ3v) is 2.19. The molecule has 2 aromatic rings. The van der Waals surface area contributed by atoms with Crippen LogP contribution >= 0.6 is 0 Å². The molecular weight excluding hydrogens is 212 g/mol. The molecule has 16 heavy (non-hydrogen) atoms. The number of aliphatic hydroxyl groups excluding tert-OH is 1. The summed E-state index contributed by atoms with van der Waals surface area (Å²) in [6.07, 6.45) is 0.138. The smallest absolute Gasteiger partial charge is 0.126 e. The summed E-state index contributed by atoms with van der Waals surface area (Å²) in [5.74, 6) is -0.937. The highest BCUT2D eigenvalue weighted by molar-refractivity contribution is 5.26. The van der Waals surface area contributed by atoms with E-state index < -0.39 is 17.7 Å². The van der Waals surface area contributed by atoms with Crippen LogP contribution in [0.2, 0.25) is 0 Å². The summed E-state index contributed by atoms with van der Waals surface area (Å²) in [6.45, 7) is 0. The Labute approximate surface area is 91.2 Å². The van der Waals surface area contributed by atoms with Crippen LogP contribution in [-0.2, 0) is 0 Å². The monoisotopic (exact) mass is 221 g/mol. The van der Waals surface area contributed by atoms with Gasteiger partial charge in [0.2, 0.25) is 0 Å². The number of halogens is 2. The lowest BCUT2D eigenvalue weighted by atomic mass is 10.1. The highest BCUT2D eigenvalue weighted by Crippen LogP contribution is 2.20. The molecule has 1 aromatic heterocycles. The summed E-state index contributed by atoms with van der Waals surface area (Å²) < 4.78 is 25.8. The quantitative estimate of drug-likeness (QED) is 0.844. The minimum absolute atomic E-state index is 0.158. The Hall–Kier alpha value is -1.81. The number of hydrogen-bond donors (Lipinski definition) is 1. The van der Waals surface area contributed by atoms with Crippen LogP contribution in [-0.4, -0.2) is 10.1 Å². The van der Waals surface area contributed by atoms with E-state index in [-0.39, 0.29) is 5.69 Å². The fourth-order valence-electron chi connectivity index (χ4n) is 1.42. The molecule has 2 nitrogen and oxygen atoms in total. The molecule has 0 fully saturated rings. The minimum Gasteiger partial charge on any atom is -0.382 e. The van der Waals surface area contributed by atoms with Crippen molar-refractivity contribution in [2.75, 3.05) is 0 Å². The van der Waals surface area contributed by atoms with Crippen LogP contribution in [0.15, 0.2) is 42.6 Å². The van der Waals surface area contributed by atoms with Gasteiger partial charge >= 0.3 is 0 Å². The second-order valence-electron chi connectivity index (χ2n) is 3.36. The molecule has 1 heterocycles.